The molecule has 0 spiro atoms. The Morgan fingerprint density at radius 1 is 1.13 bits per heavy atom. The molecule has 2 aromatic carbocycles. The lowest BCUT2D eigenvalue weighted by Gasteiger charge is -2.38. The Morgan fingerprint density at radius 3 is 2.84 bits per heavy atom. The second-order valence-electron chi connectivity index (χ2n) is 7.32. The van der Waals surface area contributed by atoms with Crippen LogP contribution in [0.15, 0.2) is 60.9 Å². The van der Waals surface area contributed by atoms with Crippen LogP contribution in [0.2, 0.25) is 0 Å². The number of aromatic nitrogens is 3. The van der Waals surface area contributed by atoms with Gasteiger partial charge in [0.15, 0.2) is 6.10 Å². The molecule has 0 bridgehead atoms. The fraction of sp³-hybridized carbons (Fsp3) is 0.227. The first-order valence-electron chi connectivity index (χ1n) is 9.63. The van der Waals surface area contributed by atoms with Gasteiger partial charge in [0.2, 0.25) is 5.88 Å². The van der Waals surface area contributed by atoms with Crippen molar-refractivity contribution in [2.24, 2.45) is 0 Å². The van der Waals surface area contributed by atoms with E-state index in [0.717, 1.165) is 10.9 Å². The highest BCUT2D eigenvalue weighted by Gasteiger charge is 2.47. The number of likely N-dealkylation sites (tertiary alicyclic amines) is 1. The second-order valence-corrected chi connectivity index (χ2v) is 7.32. The number of alkyl halides is 2. The largest absolute Gasteiger partial charge is 0.466 e. The Hall–Kier alpha value is -3.26. The van der Waals surface area contributed by atoms with Crippen LogP contribution >= 0.6 is 12.4 Å². The molecule has 1 aliphatic heterocycles. The van der Waals surface area contributed by atoms with E-state index in [1.54, 1.807) is 36.4 Å². The highest BCUT2D eigenvalue weighted by atomic mass is 35.5. The summed E-state index contributed by atoms with van der Waals surface area (Å²) < 4.78 is 34.8. The summed E-state index contributed by atoms with van der Waals surface area (Å²) >= 11 is 0. The molecule has 1 aliphatic rings. The van der Waals surface area contributed by atoms with Crippen molar-refractivity contribution in [3.63, 3.8) is 0 Å². The number of hydrogen-bond donors (Lipinski definition) is 1. The molecule has 4 aromatic rings. The number of fused-ring (bicyclic) bond motifs is 2. The van der Waals surface area contributed by atoms with Gasteiger partial charge in [-0.2, -0.15) is 0 Å². The van der Waals surface area contributed by atoms with Gasteiger partial charge in [0, 0.05) is 24.4 Å². The van der Waals surface area contributed by atoms with Crippen LogP contribution in [0.1, 0.15) is 16.8 Å². The van der Waals surface area contributed by atoms with Gasteiger partial charge in [-0.1, -0.05) is 24.3 Å². The number of nitrogens with one attached hydrogen (secondary N) is 1. The summed E-state index contributed by atoms with van der Waals surface area (Å²) in [7, 11) is 0. The lowest BCUT2D eigenvalue weighted by atomic mass is 10.0. The van der Waals surface area contributed by atoms with Crippen molar-refractivity contribution in [1.82, 2.24) is 19.9 Å². The van der Waals surface area contributed by atoms with Crippen molar-refractivity contribution in [3.8, 4) is 5.88 Å². The number of piperidine rings is 1. The molecule has 1 atom stereocenters. The van der Waals surface area contributed by atoms with E-state index in [-0.39, 0.29) is 37.3 Å². The SMILES string of the molecule is Cl.O=C(c1cccc2[nH]cnc12)N1CCC(F)(F)[C@@H](Oc2ccc3ccccc3n2)C1. The first-order chi connectivity index (χ1) is 14.5. The Bertz CT molecular complexity index is 1250. The molecule has 0 aliphatic carbocycles. The number of aromatic amines is 1. The van der Waals surface area contributed by atoms with Crippen LogP contribution in [-0.2, 0) is 0 Å². The number of hydrogen-bond acceptors (Lipinski definition) is 4. The van der Waals surface area contributed by atoms with Gasteiger partial charge in [-0.3, -0.25) is 4.79 Å². The summed E-state index contributed by atoms with van der Waals surface area (Å²) in [5, 5.41) is 0.893. The summed E-state index contributed by atoms with van der Waals surface area (Å²) in [6.45, 7) is -0.293. The number of rotatable bonds is 3. The third-order valence-electron chi connectivity index (χ3n) is 5.38. The van der Waals surface area contributed by atoms with Crippen LogP contribution in [0.4, 0.5) is 8.78 Å². The predicted molar refractivity (Wildman–Crippen MR) is 115 cm³/mol. The van der Waals surface area contributed by atoms with E-state index in [1.807, 2.05) is 18.2 Å². The van der Waals surface area contributed by atoms with Crippen LogP contribution in [0, 0.1) is 0 Å². The molecule has 2 aromatic heterocycles. The van der Waals surface area contributed by atoms with E-state index < -0.39 is 18.4 Å². The number of carbonyl (C=O) groups is 1. The molecule has 6 nitrogen and oxygen atoms in total. The van der Waals surface area contributed by atoms with Gasteiger partial charge in [0.1, 0.15) is 5.52 Å². The summed E-state index contributed by atoms with van der Waals surface area (Å²) in [6.07, 6.45) is -0.460. The minimum atomic E-state index is -3.07. The number of benzene rings is 2. The van der Waals surface area contributed by atoms with E-state index in [9.17, 15) is 13.6 Å². The molecule has 31 heavy (non-hydrogen) atoms. The maximum Gasteiger partial charge on any atom is 0.287 e. The summed E-state index contributed by atoms with van der Waals surface area (Å²) in [6, 6.07) is 15.9. The molecule has 0 unspecified atom stereocenters. The highest BCUT2D eigenvalue weighted by molar-refractivity contribution is 6.04. The van der Waals surface area contributed by atoms with Gasteiger partial charge in [-0.05, 0) is 24.3 Å². The first kappa shape index (κ1) is 21.0. The number of halogens is 3. The van der Waals surface area contributed by atoms with E-state index >= 15 is 0 Å². The summed E-state index contributed by atoms with van der Waals surface area (Å²) in [5.74, 6) is -3.30. The van der Waals surface area contributed by atoms with Crippen LogP contribution in [0.5, 0.6) is 5.88 Å². The number of nitrogens with zero attached hydrogens (tertiary/aromatic N) is 3. The molecule has 1 saturated heterocycles. The number of imidazole rings is 1. The van der Waals surface area contributed by atoms with Crippen LogP contribution < -0.4 is 4.74 Å². The third kappa shape index (κ3) is 3.90. The van der Waals surface area contributed by atoms with Crippen molar-refractivity contribution in [2.45, 2.75) is 18.4 Å². The van der Waals surface area contributed by atoms with Crippen molar-refractivity contribution >= 4 is 40.3 Å². The van der Waals surface area contributed by atoms with Gasteiger partial charge in [-0.15, -0.1) is 12.4 Å². The second kappa shape index (κ2) is 8.11. The molecular formula is C22H19ClF2N4O2. The smallest absolute Gasteiger partial charge is 0.287 e. The first-order valence-corrected chi connectivity index (χ1v) is 9.63. The van der Waals surface area contributed by atoms with Gasteiger partial charge >= 0.3 is 0 Å². The quantitative estimate of drug-likeness (QED) is 0.506. The maximum absolute atomic E-state index is 14.6. The molecule has 0 radical (unpaired) electrons. The number of para-hydroxylation sites is 2. The predicted octanol–water partition coefficient (Wildman–Crippen LogP) is 4.46. The summed E-state index contributed by atoms with van der Waals surface area (Å²) in [5.41, 5.74) is 2.28. The standard InChI is InChI=1S/C22H18F2N4O2.ClH/c23-22(24)10-11-28(21(29)15-5-3-7-17-20(15)26-13-25-17)12-18(22)30-19-9-8-14-4-1-2-6-16(14)27-19;/h1-9,13,18H,10-12H2,(H,25,26);1H/t18-;/m0./s1. The molecule has 160 valence electrons. The van der Waals surface area contributed by atoms with Crippen molar-refractivity contribution in [1.29, 1.82) is 0 Å². The molecule has 0 saturated carbocycles. The summed E-state index contributed by atoms with van der Waals surface area (Å²) in [4.78, 5) is 25.9. The number of amides is 1. The van der Waals surface area contributed by atoms with Gasteiger partial charge in [0.05, 0.1) is 29.5 Å². The molecule has 9 heteroatoms. The zero-order chi connectivity index (χ0) is 20.7. The molecule has 1 fully saturated rings. The lowest BCUT2D eigenvalue weighted by molar-refractivity contribution is -0.131. The third-order valence-corrected chi connectivity index (χ3v) is 5.38. The Morgan fingerprint density at radius 2 is 1.97 bits per heavy atom. The van der Waals surface area contributed by atoms with Gasteiger partial charge < -0.3 is 14.6 Å². The minimum absolute atomic E-state index is 0. The average molecular weight is 445 g/mol. The van der Waals surface area contributed by atoms with Gasteiger partial charge in [0.25, 0.3) is 11.8 Å². The van der Waals surface area contributed by atoms with Crippen molar-refractivity contribution < 1.29 is 18.3 Å². The zero-order valence-electron chi connectivity index (χ0n) is 16.3. The Kier molecular flexibility index (Phi) is 5.49. The molecular weight excluding hydrogens is 426 g/mol. The van der Waals surface area contributed by atoms with Crippen molar-refractivity contribution in [3.05, 3.63) is 66.5 Å². The zero-order valence-corrected chi connectivity index (χ0v) is 17.1. The minimum Gasteiger partial charge on any atom is -0.466 e. The fourth-order valence-electron chi connectivity index (χ4n) is 3.75. The van der Waals surface area contributed by atoms with E-state index in [4.69, 9.17) is 4.74 Å². The monoisotopic (exact) mass is 444 g/mol. The highest BCUT2D eigenvalue weighted by Crippen LogP contribution is 2.32. The van der Waals surface area contributed by atoms with Crippen LogP contribution in [0.3, 0.4) is 0 Å². The lowest BCUT2D eigenvalue weighted by Crippen LogP contribution is -2.55. The Labute approximate surface area is 182 Å². The molecule has 5 rings (SSSR count). The van der Waals surface area contributed by atoms with Gasteiger partial charge in [-0.25, -0.2) is 18.7 Å². The Balaban J connectivity index is 0.00000231. The topological polar surface area (TPSA) is 71.1 Å². The van der Waals surface area contributed by atoms with Crippen LogP contribution in [0.25, 0.3) is 21.9 Å². The number of ether oxygens (including phenoxy) is 1. The molecule has 1 N–H and O–H groups in total. The van der Waals surface area contributed by atoms with Crippen molar-refractivity contribution in [2.75, 3.05) is 13.1 Å². The maximum atomic E-state index is 14.6. The van der Waals surface area contributed by atoms with Crippen LogP contribution in [-0.4, -0.2) is 50.9 Å². The normalized spacial score (nSPS) is 18.0. The van der Waals surface area contributed by atoms with E-state index in [2.05, 4.69) is 15.0 Å². The fourth-order valence-corrected chi connectivity index (χ4v) is 3.75. The molecule has 3 heterocycles. The van der Waals surface area contributed by atoms with E-state index in [0.29, 0.717) is 16.6 Å². The number of H-pyrrole nitrogens is 1. The average Bonchev–Trinajstić information content (AvgIpc) is 3.23. The number of carbonyl (C=O) groups excluding carboxylic acids is 1. The van der Waals surface area contributed by atoms with E-state index in [1.165, 1.54) is 11.2 Å². The number of pyridine rings is 1. The molecule has 1 amide bonds.